The number of nitrogens with one attached hydrogen (secondary N) is 1. The van der Waals surface area contributed by atoms with Gasteiger partial charge in [-0.15, -0.1) is 0 Å². The fraction of sp³-hybridized carbons (Fsp3) is 0.733. The number of aromatic nitrogens is 2. The maximum Gasteiger partial charge on any atom is 0.222 e. The Morgan fingerprint density at radius 2 is 1.58 bits per heavy atom. The van der Waals surface area contributed by atoms with Crippen molar-refractivity contribution in [2.45, 2.75) is 32.1 Å². The van der Waals surface area contributed by atoms with Crippen molar-refractivity contribution in [2.24, 2.45) is 29.6 Å². The molecular weight excluding hydrogens is 236 g/mol. The highest BCUT2D eigenvalue weighted by molar-refractivity contribution is 5.35. The molecule has 4 fully saturated rings. The summed E-state index contributed by atoms with van der Waals surface area (Å²) in [7, 11) is 0. The number of nitrogen functional groups attached to an aromatic ring is 1. The Morgan fingerprint density at radius 3 is 2.16 bits per heavy atom. The van der Waals surface area contributed by atoms with Gasteiger partial charge in [0.15, 0.2) is 0 Å². The second-order valence-electron chi connectivity index (χ2n) is 6.82. The SMILES string of the molecule is Nc1cnc(NCC2C3CC4CC(C3)CC2C4)nc1. The van der Waals surface area contributed by atoms with Gasteiger partial charge in [-0.05, 0) is 61.7 Å². The minimum Gasteiger partial charge on any atom is -0.396 e. The van der Waals surface area contributed by atoms with E-state index in [0.717, 1.165) is 42.1 Å². The molecule has 0 saturated heterocycles. The third-order valence-electron chi connectivity index (χ3n) is 5.59. The third kappa shape index (κ3) is 2.07. The molecule has 1 aromatic rings. The average Bonchev–Trinajstić information content (AvgIpc) is 2.39. The van der Waals surface area contributed by atoms with Crippen LogP contribution in [0, 0.1) is 29.6 Å². The van der Waals surface area contributed by atoms with Gasteiger partial charge in [0.1, 0.15) is 0 Å². The van der Waals surface area contributed by atoms with Crippen LogP contribution in [0.5, 0.6) is 0 Å². The maximum atomic E-state index is 5.61. The van der Waals surface area contributed by atoms with Gasteiger partial charge in [-0.1, -0.05) is 0 Å². The molecule has 102 valence electrons. The molecule has 1 aromatic heterocycles. The van der Waals surface area contributed by atoms with Gasteiger partial charge in [0, 0.05) is 6.54 Å². The first kappa shape index (κ1) is 11.5. The Balaban J connectivity index is 1.42. The summed E-state index contributed by atoms with van der Waals surface area (Å²) in [6.45, 7) is 1.04. The predicted molar refractivity (Wildman–Crippen MR) is 75.5 cm³/mol. The molecule has 0 aromatic carbocycles. The maximum absolute atomic E-state index is 5.61. The Morgan fingerprint density at radius 1 is 1.00 bits per heavy atom. The van der Waals surface area contributed by atoms with Crippen LogP contribution in [-0.2, 0) is 0 Å². The van der Waals surface area contributed by atoms with Gasteiger partial charge in [-0.3, -0.25) is 0 Å². The van der Waals surface area contributed by atoms with Crippen LogP contribution >= 0.6 is 0 Å². The molecule has 0 spiro atoms. The van der Waals surface area contributed by atoms with Crippen LogP contribution in [0.15, 0.2) is 12.4 Å². The molecule has 0 aliphatic heterocycles. The van der Waals surface area contributed by atoms with Gasteiger partial charge in [0.05, 0.1) is 18.1 Å². The van der Waals surface area contributed by atoms with E-state index in [9.17, 15) is 0 Å². The Bertz CT molecular complexity index is 428. The minimum absolute atomic E-state index is 0.625. The van der Waals surface area contributed by atoms with E-state index in [0.29, 0.717) is 5.69 Å². The Kier molecular flexibility index (Phi) is 2.64. The van der Waals surface area contributed by atoms with E-state index in [-0.39, 0.29) is 0 Å². The normalized spacial score (nSPS) is 39.5. The Labute approximate surface area is 114 Å². The largest absolute Gasteiger partial charge is 0.396 e. The van der Waals surface area contributed by atoms with Gasteiger partial charge in [-0.25, -0.2) is 9.97 Å². The number of anilines is 2. The molecule has 5 rings (SSSR count). The van der Waals surface area contributed by atoms with Crippen molar-refractivity contribution in [3.63, 3.8) is 0 Å². The van der Waals surface area contributed by atoms with Crippen LogP contribution in [0.3, 0.4) is 0 Å². The number of nitrogens with two attached hydrogens (primary N) is 1. The van der Waals surface area contributed by atoms with Crippen molar-refractivity contribution in [1.82, 2.24) is 9.97 Å². The molecule has 4 aliphatic carbocycles. The number of hydrogen-bond donors (Lipinski definition) is 2. The molecule has 3 N–H and O–H groups in total. The summed E-state index contributed by atoms with van der Waals surface area (Å²) in [5, 5.41) is 3.42. The number of hydrogen-bond acceptors (Lipinski definition) is 4. The summed E-state index contributed by atoms with van der Waals surface area (Å²) >= 11 is 0. The first-order chi connectivity index (χ1) is 9.28. The molecular formula is C15H22N4. The van der Waals surface area contributed by atoms with E-state index >= 15 is 0 Å². The monoisotopic (exact) mass is 258 g/mol. The molecule has 4 heteroatoms. The van der Waals surface area contributed by atoms with Crippen LogP contribution < -0.4 is 11.1 Å². The zero-order valence-corrected chi connectivity index (χ0v) is 11.3. The summed E-state index contributed by atoms with van der Waals surface area (Å²) in [5.74, 6) is 5.57. The lowest BCUT2D eigenvalue weighted by Crippen LogP contribution is -2.47. The molecule has 19 heavy (non-hydrogen) atoms. The highest BCUT2D eigenvalue weighted by atomic mass is 15.1. The first-order valence-corrected chi connectivity index (χ1v) is 7.59. The van der Waals surface area contributed by atoms with Crippen molar-refractivity contribution in [1.29, 1.82) is 0 Å². The van der Waals surface area contributed by atoms with Crippen LogP contribution in [0.1, 0.15) is 32.1 Å². The molecule has 0 radical (unpaired) electrons. The van der Waals surface area contributed by atoms with Gasteiger partial charge in [0.25, 0.3) is 0 Å². The van der Waals surface area contributed by atoms with Gasteiger partial charge >= 0.3 is 0 Å². The lowest BCUT2D eigenvalue weighted by molar-refractivity contribution is -0.0306. The number of rotatable bonds is 3. The zero-order valence-electron chi connectivity index (χ0n) is 11.3. The Hall–Kier alpha value is -1.32. The quantitative estimate of drug-likeness (QED) is 0.874. The van der Waals surface area contributed by atoms with Gasteiger partial charge in [-0.2, -0.15) is 0 Å². The summed E-state index contributed by atoms with van der Waals surface area (Å²) in [5.41, 5.74) is 6.23. The number of nitrogens with zero attached hydrogens (tertiary/aromatic N) is 2. The van der Waals surface area contributed by atoms with Crippen LogP contribution in [0.2, 0.25) is 0 Å². The summed E-state index contributed by atoms with van der Waals surface area (Å²) < 4.78 is 0. The smallest absolute Gasteiger partial charge is 0.222 e. The van der Waals surface area contributed by atoms with Gasteiger partial charge in [0.2, 0.25) is 5.95 Å². The predicted octanol–water partition coefficient (Wildman–Crippen LogP) is 2.54. The van der Waals surface area contributed by atoms with Crippen LogP contribution in [-0.4, -0.2) is 16.5 Å². The highest BCUT2D eigenvalue weighted by Crippen LogP contribution is 2.56. The highest BCUT2D eigenvalue weighted by Gasteiger charge is 2.47. The van der Waals surface area contributed by atoms with E-state index in [2.05, 4.69) is 15.3 Å². The molecule has 4 bridgehead atoms. The van der Waals surface area contributed by atoms with Gasteiger partial charge < -0.3 is 11.1 Å². The van der Waals surface area contributed by atoms with Crippen molar-refractivity contribution in [3.8, 4) is 0 Å². The standard InChI is InChI=1S/C15H22N4/c16-13-6-17-15(18-7-13)19-8-14-11-2-9-1-10(4-11)5-12(14)3-9/h6-7,9-12,14H,1-5,8,16H2,(H,17,18,19). The van der Waals surface area contributed by atoms with Crippen molar-refractivity contribution < 1.29 is 0 Å². The minimum atomic E-state index is 0.625. The molecule has 1 heterocycles. The molecule has 0 unspecified atom stereocenters. The second-order valence-corrected chi connectivity index (χ2v) is 6.82. The van der Waals surface area contributed by atoms with Crippen LogP contribution in [0.4, 0.5) is 11.6 Å². The molecule has 4 aliphatic rings. The van der Waals surface area contributed by atoms with E-state index in [4.69, 9.17) is 5.73 Å². The molecule has 4 saturated carbocycles. The van der Waals surface area contributed by atoms with E-state index in [1.54, 1.807) is 12.4 Å². The fourth-order valence-corrected chi connectivity index (χ4v) is 5.01. The van der Waals surface area contributed by atoms with Crippen molar-refractivity contribution >= 4 is 11.6 Å². The van der Waals surface area contributed by atoms with E-state index in [1.165, 1.54) is 32.1 Å². The third-order valence-corrected chi connectivity index (χ3v) is 5.59. The fourth-order valence-electron chi connectivity index (χ4n) is 5.01. The summed E-state index contributed by atoms with van der Waals surface area (Å²) in [4.78, 5) is 8.47. The van der Waals surface area contributed by atoms with Crippen molar-refractivity contribution in [2.75, 3.05) is 17.6 Å². The summed E-state index contributed by atoms with van der Waals surface area (Å²) in [6.07, 6.45) is 10.8. The molecule has 0 atom stereocenters. The topological polar surface area (TPSA) is 63.8 Å². The first-order valence-electron chi connectivity index (χ1n) is 7.59. The molecule has 4 nitrogen and oxygen atoms in total. The summed E-state index contributed by atoms with van der Waals surface area (Å²) in [6, 6.07) is 0. The average molecular weight is 258 g/mol. The van der Waals surface area contributed by atoms with E-state index in [1.807, 2.05) is 0 Å². The van der Waals surface area contributed by atoms with Crippen molar-refractivity contribution in [3.05, 3.63) is 12.4 Å². The zero-order chi connectivity index (χ0) is 12.8. The van der Waals surface area contributed by atoms with E-state index < -0.39 is 0 Å². The van der Waals surface area contributed by atoms with Crippen LogP contribution in [0.25, 0.3) is 0 Å². The lowest BCUT2D eigenvalue weighted by atomic mass is 9.52. The lowest BCUT2D eigenvalue weighted by Gasteiger charge is -2.54. The second kappa shape index (κ2) is 4.36. The molecule has 0 amide bonds.